The summed E-state index contributed by atoms with van der Waals surface area (Å²) in [6, 6.07) is 1.83. The number of hydrogen-bond acceptors (Lipinski definition) is 6. The van der Waals surface area contributed by atoms with Gasteiger partial charge in [-0.2, -0.15) is 0 Å². The molecule has 0 saturated heterocycles. The monoisotopic (exact) mass is 309 g/mol. The summed E-state index contributed by atoms with van der Waals surface area (Å²) in [5.41, 5.74) is 0.582. The molecule has 1 aliphatic carbocycles. The molecule has 0 radical (unpaired) electrons. The number of aryl methyl sites for hydroxylation is 1. The van der Waals surface area contributed by atoms with Crippen molar-refractivity contribution in [3.05, 3.63) is 18.2 Å². The minimum atomic E-state index is -2.97. The van der Waals surface area contributed by atoms with Crippen LogP contribution >= 0.6 is 0 Å². The highest BCUT2D eigenvalue weighted by Crippen LogP contribution is 2.42. The second kappa shape index (κ2) is 4.94. The van der Waals surface area contributed by atoms with Crippen molar-refractivity contribution in [3.63, 3.8) is 0 Å². The molecule has 21 heavy (non-hydrogen) atoms. The summed E-state index contributed by atoms with van der Waals surface area (Å²) in [5, 5.41) is 11.1. The second-order valence-corrected chi connectivity index (χ2v) is 8.17. The molecule has 1 saturated carbocycles. The zero-order chi connectivity index (χ0) is 15.1. The van der Waals surface area contributed by atoms with Crippen molar-refractivity contribution < 1.29 is 8.42 Å². The molecule has 7 nitrogen and oxygen atoms in total. The molecule has 1 N–H and O–H groups in total. The van der Waals surface area contributed by atoms with E-state index in [1.165, 1.54) is 6.26 Å². The summed E-state index contributed by atoms with van der Waals surface area (Å²) in [7, 11) is -2.97. The van der Waals surface area contributed by atoms with Crippen LogP contribution in [0.3, 0.4) is 0 Å². The molecule has 1 aliphatic rings. The Morgan fingerprint density at radius 1 is 1.43 bits per heavy atom. The lowest BCUT2D eigenvalue weighted by Gasteiger charge is -2.41. The number of hydrogen-bond donors (Lipinski definition) is 1. The van der Waals surface area contributed by atoms with Crippen LogP contribution in [0.5, 0.6) is 0 Å². The molecular formula is C13H19N5O2S. The third kappa shape index (κ3) is 2.99. The third-order valence-electron chi connectivity index (χ3n) is 4.10. The lowest BCUT2D eigenvalue weighted by atomic mass is 9.70. The van der Waals surface area contributed by atoms with Gasteiger partial charge in [0.2, 0.25) is 0 Å². The predicted octanol–water partition coefficient (Wildman–Crippen LogP) is 1.06. The van der Waals surface area contributed by atoms with Crippen LogP contribution in [-0.4, -0.2) is 46.6 Å². The summed E-state index contributed by atoms with van der Waals surface area (Å²) >= 11 is 0. The van der Waals surface area contributed by atoms with E-state index in [0.717, 1.165) is 30.7 Å². The number of nitrogens with zero attached hydrogens (tertiary/aromatic N) is 4. The topological polar surface area (TPSA) is 89.2 Å². The van der Waals surface area contributed by atoms with Crippen LogP contribution in [0, 0.1) is 12.3 Å². The van der Waals surface area contributed by atoms with Crippen LogP contribution in [0.2, 0.25) is 0 Å². The Kier molecular flexibility index (Phi) is 3.35. The van der Waals surface area contributed by atoms with E-state index in [1.54, 1.807) is 10.7 Å². The van der Waals surface area contributed by atoms with Crippen molar-refractivity contribution >= 4 is 21.3 Å². The molecule has 2 heterocycles. The average molecular weight is 309 g/mol. The van der Waals surface area contributed by atoms with Gasteiger partial charge in [0, 0.05) is 24.3 Å². The van der Waals surface area contributed by atoms with Crippen LogP contribution in [0.15, 0.2) is 12.4 Å². The summed E-state index contributed by atoms with van der Waals surface area (Å²) in [6.45, 7) is 2.51. The first-order chi connectivity index (χ1) is 9.87. The van der Waals surface area contributed by atoms with Gasteiger partial charge < -0.3 is 5.32 Å². The molecule has 0 atom stereocenters. The first-order valence-corrected chi connectivity index (χ1v) is 9.02. The van der Waals surface area contributed by atoms with E-state index in [0.29, 0.717) is 12.4 Å². The summed E-state index contributed by atoms with van der Waals surface area (Å²) in [6.07, 6.45) is 5.90. The maximum atomic E-state index is 11.6. The number of sulfone groups is 1. The van der Waals surface area contributed by atoms with E-state index in [4.69, 9.17) is 0 Å². The summed E-state index contributed by atoms with van der Waals surface area (Å²) < 4.78 is 25.0. The smallest absolute Gasteiger partial charge is 0.165 e. The predicted molar refractivity (Wildman–Crippen MR) is 80.0 cm³/mol. The maximum absolute atomic E-state index is 11.6. The fourth-order valence-electron chi connectivity index (χ4n) is 2.95. The van der Waals surface area contributed by atoms with Crippen LogP contribution in [0.25, 0.3) is 5.65 Å². The lowest BCUT2D eigenvalue weighted by molar-refractivity contribution is 0.183. The van der Waals surface area contributed by atoms with Gasteiger partial charge in [-0.25, -0.2) is 13.4 Å². The number of aromatic nitrogens is 4. The molecule has 8 heteroatoms. The van der Waals surface area contributed by atoms with Gasteiger partial charge in [0.1, 0.15) is 27.8 Å². The highest BCUT2D eigenvalue weighted by Gasteiger charge is 2.39. The largest absolute Gasteiger partial charge is 0.369 e. The van der Waals surface area contributed by atoms with Crippen molar-refractivity contribution in [1.82, 2.24) is 19.6 Å². The van der Waals surface area contributed by atoms with E-state index < -0.39 is 9.84 Å². The maximum Gasteiger partial charge on any atom is 0.165 e. The molecule has 114 valence electrons. The van der Waals surface area contributed by atoms with Crippen molar-refractivity contribution in [2.75, 3.05) is 23.9 Å². The van der Waals surface area contributed by atoms with E-state index >= 15 is 0 Å². The molecule has 0 aromatic carbocycles. The normalized spacial score (nSPS) is 17.6. The van der Waals surface area contributed by atoms with Gasteiger partial charge in [-0.3, -0.25) is 4.40 Å². The van der Waals surface area contributed by atoms with Crippen LogP contribution < -0.4 is 5.32 Å². The van der Waals surface area contributed by atoms with Crippen molar-refractivity contribution in [2.24, 2.45) is 5.41 Å². The van der Waals surface area contributed by atoms with Gasteiger partial charge in [-0.15, -0.1) is 10.2 Å². The van der Waals surface area contributed by atoms with Gasteiger partial charge in [0.25, 0.3) is 0 Å². The van der Waals surface area contributed by atoms with Crippen molar-refractivity contribution in [2.45, 2.75) is 26.2 Å². The van der Waals surface area contributed by atoms with Gasteiger partial charge in [0.05, 0.1) is 5.75 Å². The lowest BCUT2D eigenvalue weighted by Crippen LogP contribution is -2.42. The first-order valence-electron chi connectivity index (χ1n) is 6.96. The SMILES string of the molecule is Cc1nc(NCC2(CS(C)(=O)=O)CCC2)cc2nncn12. The summed E-state index contributed by atoms with van der Waals surface area (Å²) in [4.78, 5) is 4.45. The van der Waals surface area contributed by atoms with Crippen LogP contribution in [0.1, 0.15) is 25.1 Å². The molecule has 1 fully saturated rings. The zero-order valence-electron chi connectivity index (χ0n) is 12.2. The minimum absolute atomic E-state index is 0.150. The Bertz CT molecular complexity index is 764. The Balaban J connectivity index is 1.76. The molecule has 0 spiro atoms. The van der Waals surface area contributed by atoms with E-state index in [-0.39, 0.29) is 11.2 Å². The number of nitrogens with one attached hydrogen (secondary N) is 1. The zero-order valence-corrected chi connectivity index (χ0v) is 13.0. The van der Waals surface area contributed by atoms with Crippen molar-refractivity contribution in [1.29, 1.82) is 0 Å². The summed E-state index contributed by atoms with van der Waals surface area (Å²) in [5.74, 6) is 1.75. The first kappa shape index (κ1) is 14.2. The fourth-order valence-corrected chi connectivity index (χ4v) is 4.45. The Labute approximate surface area is 123 Å². The molecule has 2 aromatic heterocycles. The van der Waals surface area contributed by atoms with E-state index in [1.807, 2.05) is 13.0 Å². The molecule has 3 rings (SSSR count). The molecular weight excluding hydrogens is 290 g/mol. The standard InChI is InChI=1S/C13H19N5O2S/c1-10-16-11(6-12-17-15-9-18(10)12)14-7-13(4-3-5-13)8-21(2,19)20/h6,9,14H,3-5,7-8H2,1-2H3. The van der Waals surface area contributed by atoms with E-state index in [2.05, 4.69) is 20.5 Å². The molecule has 2 aromatic rings. The van der Waals surface area contributed by atoms with Gasteiger partial charge in [-0.05, 0) is 19.8 Å². The van der Waals surface area contributed by atoms with Crippen LogP contribution in [0.4, 0.5) is 5.82 Å². The second-order valence-electron chi connectivity index (χ2n) is 6.02. The molecule has 0 unspecified atom stereocenters. The molecule has 0 aliphatic heterocycles. The molecule has 0 bridgehead atoms. The molecule has 0 amide bonds. The quantitative estimate of drug-likeness (QED) is 0.888. The number of rotatable bonds is 5. The van der Waals surface area contributed by atoms with Gasteiger partial charge in [-0.1, -0.05) is 6.42 Å². The fraction of sp³-hybridized carbons (Fsp3) is 0.615. The minimum Gasteiger partial charge on any atom is -0.369 e. The highest BCUT2D eigenvalue weighted by molar-refractivity contribution is 7.90. The highest BCUT2D eigenvalue weighted by atomic mass is 32.2. The Morgan fingerprint density at radius 2 is 2.19 bits per heavy atom. The van der Waals surface area contributed by atoms with Gasteiger partial charge in [0.15, 0.2) is 5.65 Å². The number of fused-ring (bicyclic) bond motifs is 1. The average Bonchev–Trinajstić information content (AvgIpc) is 2.80. The van der Waals surface area contributed by atoms with E-state index in [9.17, 15) is 8.42 Å². The Morgan fingerprint density at radius 3 is 2.81 bits per heavy atom. The van der Waals surface area contributed by atoms with Gasteiger partial charge >= 0.3 is 0 Å². The number of anilines is 1. The van der Waals surface area contributed by atoms with Crippen LogP contribution in [-0.2, 0) is 9.84 Å². The van der Waals surface area contributed by atoms with Crippen molar-refractivity contribution in [3.8, 4) is 0 Å². The Hall–Kier alpha value is -1.70. The third-order valence-corrected chi connectivity index (χ3v) is 5.23.